The maximum atomic E-state index is 12.5. The van der Waals surface area contributed by atoms with E-state index in [-0.39, 0.29) is 17.7 Å². The van der Waals surface area contributed by atoms with Crippen molar-refractivity contribution in [2.75, 3.05) is 29.5 Å². The highest BCUT2D eigenvalue weighted by Gasteiger charge is 2.34. The van der Waals surface area contributed by atoms with Gasteiger partial charge in [-0.2, -0.15) is 11.8 Å². The number of rotatable bonds is 6. The molecule has 0 N–H and O–H groups in total. The summed E-state index contributed by atoms with van der Waals surface area (Å²) in [5.74, 6) is 0.826. The predicted molar refractivity (Wildman–Crippen MR) is 106 cm³/mol. The number of benzene rings is 2. The molecule has 3 amide bonds. The van der Waals surface area contributed by atoms with Crippen LogP contribution in [0.4, 0.5) is 5.69 Å². The number of hydrogen-bond donors (Lipinski definition) is 0. The molecule has 0 aromatic heterocycles. The van der Waals surface area contributed by atoms with E-state index in [1.165, 1.54) is 10.5 Å². The van der Waals surface area contributed by atoms with Crippen LogP contribution in [-0.4, -0.2) is 47.2 Å². The number of imide groups is 1. The summed E-state index contributed by atoms with van der Waals surface area (Å²) in [6.07, 6.45) is 1.59. The number of nitrogens with zero attached hydrogens (tertiary/aromatic N) is 2. The lowest BCUT2D eigenvalue weighted by atomic mass is 10.1. The first-order chi connectivity index (χ1) is 13.2. The molecule has 0 radical (unpaired) electrons. The van der Waals surface area contributed by atoms with Crippen molar-refractivity contribution in [3.05, 3.63) is 65.2 Å². The third kappa shape index (κ3) is 3.37. The van der Waals surface area contributed by atoms with Gasteiger partial charge in [0.25, 0.3) is 11.8 Å². The van der Waals surface area contributed by atoms with Crippen LogP contribution in [0.2, 0.25) is 0 Å². The Bertz CT molecular complexity index is 877. The summed E-state index contributed by atoms with van der Waals surface area (Å²) in [5.41, 5.74) is 3.21. The Balaban J connectivity index is 1.23. The van der Waals surface area contributed by atoms with Crippen LogP contribution in [0.3, 0.4) is 0 Å². The fourth-order valence-corrected chi connectivity index (χ4v) is 4.41. The van der Waals surface area contributed by atoms with Crippen molar-refractivity contribution in [2.24, 2.45) is 0 Å². The zero-order valence-electron chi connectivity index (χ0n) is 14.9. The number of carbonyl (C=O) groups is 3. The van der Waals surface area contributed by atoms with Gasteiger partial charge in [0.2, 0.25) is 5.91 Å². The molecule has 0 fully saturated rings. The van der Waals surface area contributed by atoms with Crippen molar-refractivity contribution in [1.82, 2.24) is 4.90 Å². The number of fused-ring (bicyclic) bond motifs is 2. The molecular formula is C21H20N2O3S. The molecule has 5 nitrogen and oxygen atoms in total. The minimum Gasteiger partial charge on any atom is -0.311 e. The van der Waals surface area contributed by atoms with E-state index in [4.69, 9.17) is 0 Å². The van der Waals surface area contributed by atoms with Gasteiger partial charge >= 0.3 is 0 Å². The number of thioether (sulfide) groups is 1. The summed E-state index contributed by atoms with van der Waals surface area (Å²) in [7, 11) is 0. The highest BCUT2D eigenvalue weighted by molar-refractivity contribution is 7.99. The standard InChI is InChI=1S/C21H20N2O3S/c24-19(22-12-10-15-6-1-4-9-18(15)22)14-27-13-5-11-23-20(25)16-7-2-3-8-17(16)21(23)26/h1-4,6-9H,5,10-14H2. The average Bonchev–Trinajstić information content (AvgIpc) is 3.23. The van der Waals surface area contributed by atoms with Crippen molar-refractivity contribution in [3.63, 3.8) is 0 Å². The molecule has 6 heteroatoms. The summed E-state index contributed by atoms with van der Waals surface area (Å²) in [4.78, 5) is 40.2. The summed E-state index contributed by atoms with van der Waals surface area (Å²) in [5, 5.41) is 0. The van der Waals surface area contributed by atoms with Crippen LogP contribution in [0.1, 0.15) is 32.7 Å². The number of para-hydroxylation sites is 1. The second kappa shape index (κ2) is 7.56. The number of carbonyl (C=O) groups excluding carboxylic acids is 3. The molecule has 0 saturated carbocycles. The van der Waals surface area contributed by atoms with E-state index in [2.05, 4.69) is 6.07 Å². The van der Waals surface area contributed by atoms with E-state index in [1.807, 2.05) is 23.1 Å². The minimum absolute atomic E-state index is 0.116. The van der Waals surface area contributed by atoms with Crippen molar-refractivity contribution in [2.45, 2.75) is 12.8 Å². The summed E-state index contributed by atoms with van der Waals surface area (Å²) < 4.78 is 0. The highest BCUT2D eigenvalue weighted by Crippen LogP contribution is 2.28. The van der Waals surface area contributed by atoms with Crippen LogP contribution in [-0.2, 0) is 11.2 Å². The molecule has 0 spiro atoms. The van der Waals surface area contributed by atoms with Gasteiger partial charge in [0.05, 0.1) is 16.9 Å². The molecule has 2 aliphatic rings. The molecule has 0 atom stereocenters. The zero-order valence-corrected chi connectivity index (χ0v) is 15.7. The fourth-order valence-electron chi connectivity index (χ4n) is 3.60. The van der Waals surface area contributed by atoms with E-state index in [9.17, 15) is 14.4 Å². The Morgan fingerprint density at radius 2 is 1.63 bits per heavy atom. The van der Waals surface area contributed by atoms with E-state index in [0.717, 1.165) is 24.4 Å². The van der Waals surface area contributed by atoms with Gasteiger partial charge in [-0.05, 0) is 42.4 Å². The number of anilines is 1. The maximum Gasteiger partial charge on any atom is 0.261 e. The zero-order chi connectivity index (χ0) is 18.8. The van der Waals surface area contributed by atoms with Crippen LogP contribution in [0.5, 0.6) is 0 Å². The lowest BCUT2D eigenvalue weighted by Gasteiger charge is -2.17. The van der Waals surface area contributed by atoms with E-state index in [0.29, 0.717) is 29.8 Å². The van der Waals surface area contributed by atoms with E-state index in [1.54, 1.807) is 36.0 Å². The van der Waals surface area contributed by atoms with Crippen LogP contribution in [0.15, 0.2) is 48.5 Å². The smallest absolute Gasteiger partial charge is 0.261 e. The minimum atomic E-state index is -0.217. The first-order valence-corrected chi connectivity index (χ1v) is 10.2. The topological polar surface area (TPSA) is 57.7 Å². The van der Waals surface area contributed by atoms with Gasteiger partial charge in [0, 0.05) is 18.8 Å². The molecule has 2 aromatic rings. The second-order valence-electron chi connectivity index (χ2n) is 6.64. The Morgan fingerprint density at radius 1 is 0.963 bits per heavy atom. The monoisotopic (exact) mass is 380 g/mol. The van der Waals surface area contributed by atoms with Crippen LogP contribution in [0.25, 0.3) is 0 Å². The largest absolute Gasteiger partial charge is 0.311 e. The SMILES string of the molecule is O=C1c2ccccc2C(=O)N1CCCSCC(=O)N1CCc2ccccc21. The van der Waals surface area contributed by atoms with Gasteiger partial charge in [-0.25, -0.2) is 0 Å². The van der Waals surface area contributed by atoms with E-state index < -0.39 is 0 Å². The lowest BCUT2D eigenvalue weighted by Crippen LogP contribution is -2.31. The van der Waals surface area contributed by atoms with Crippen molar-refractivity contribution in [1.29, 1.82) is 0 Å². The molecule has 2 heterocycles. The molecule has 0 unspecified atom stereocenters. The van der Waals surface area contributed by atoms with Crippen LogP contribution >= 0.6 is 11.8 Å². The van der Waals surface area contributed by atoms with Crippen LogP contribution in [0, 0.1) is 0 Å². The van der Waals surface area contributed by atoms with E-state index >= 15 is 0 Å². The van der Waals surface area contributed by atoms with Crippen LogP contribution < -0.4 is 4.90 Å². The highest BCUT2D eigenvalue weighted by atomic mass is 32.2. The Morgan fingerprint density at radius 3 is 2.37 bits per heavy atom. The van der Waals surface area contributed by atoms with Crippen molar-refractivity contribution >= 4 is 35.2 Å². The molecule has 4 rings (SSSR count). The number of hydrogen-bond acceptors (Lipinski definition) is 4. The third-order valence-corrected chi connectivity index (χ3v) is 5.99. The molecule has 0 bridgehead atoms. The fraction of sp³-hybridized carbons (Fsp3) is 0.286. The molecule has 0 saturated heterocycles. The average molecular weight is 380 g/mol. The van der Waals surface area contributed by atoms with Gasteiger partial charge < -0.3 is 4.90 Å². The van der Waals surface area contributed by atoms with Crippen molar-refractivity contribution in [3.8, 4) is 0 Å². The molecular weight excluding hydrogens is 360 g/mol. The summed E-state index contributed by atoms with van der Waals surface area (Å²) >= 11 is 1.55. The first-order valence-electron chi connectivity index (χ1n) is 9.08. The van der Waals surface area contributed by atoms with Gasteiger partial charge in [0.1, 0.15) is 0 Å². The lowest BCUT2D eigenvalue weighted by molar-refractivity contribution is -0.116. The van der Waals surface area contributed by atoms with Crippen molar-refractivity contribution < 1.29 is 14.4 Å². The quantitative estimate of drug-likeness (QED) is 0.571. The van der Waals surface area contributed by atoms with Gasteiger partial charge in [-0.15, -0.1) is 0 Å². The normalized spacial score (nSPS) is 15.3. The summed E-state index contributed by atoms with van der Waals surface area (Å²) in [6, 6.07) is 14.9. The molecule has 138 valence electrons. The Hall–Kier alpha value is -2.60. The van der Waals surface area contributed by atoms with Gasteiger partial charge in [-0.1, -0.05) is 30.3 Å². The molecule has 2 aromatic carbocycles. The Kier molecular flexibility index (Phi) is 4.99. The number of amides is 3. The summed E-state index contributed by atoms with van der Waals surface area (Å²) in [6.45, 7) is 1.13. The van der Waals surface area contributed by atoms with Gasteiger partial charge in [-0.3, -0.25) is 19.3 Å². The second-order valence-corrected chi connectivity index (χ2v) is 7.74. The Labute approximate surface area is 162 Å². The maximum absolute atomic E-state index is 12.5. The third-order valence-electron chi connectivity index (χ3n) is 4.96. The first kappa shape index (κ1) is 17.8. The van der Waals surface area contributed by atoms with Gasteiger partial charge in [0.15, 0.2) is 0 Å². The predicted octanol–water partition coefficient (Wildman–Crippen LogP) is 3.00. The molecule has 27 heavy (non-hydrogen) atoms. The molecule has 0 aliphatic carbocycles. The molecule has 2 aliphatic heterocycles.